The minimum atomic E-state index is 0.0570. The van der Waals surface area contributed by atoms with Crippen molar-refractivity contribution in [1.29, 1.82) is 0 Å². The van der Waals surface area contributed by atoms with Crippen LogP contribution in [0.25, 0.3) is 0 Å². The Morgan fingerprint density at radius 1 is 1.09 bits per heavy atom. The molecule has 1 aromatic heterocycles. The van der Waals surface area contributed by atoms with Gasteiger partial charge in [-0.05, 0) is 56.4 Å². The van der Waals surface area contributed by atoms with E-state index in [-0.39, 0.29) is 11.8 Å². The van der Waals surface area contributed by atoms with Crippen LogP contribution < -0.4 is 20.9 Å². The Bertz CT molecular complexity index is 986. The van der Waals surface area contributed by atoms with Crippen LogP contribution in [0, 0.1) is 5.92 Å². The maximum absolute atomic E-state index is 12.7. The highest BCUT2D eigenvalue weighted by Crippen LogP contribution is 2.24. The molecule has 188 valence electrons. The molecule has 0 spiro atoms. The number of piperidine rings is 1. The number of hydrogen-bond acceptors (Lipinski definition) is 7. The van der Waals surface area contributed by atoms with E-state index in [0.717, 1.165) is 45.4 Å². The summed E-state index contributed by atoms with van der Waals surface area (Å²) in [6, 6.07) is 10.4. The zero-order chi connectivity index (χ0) is 24.5. The van der Waals surface area contributed by atoms with E-state index >= 15 is 0 Å². The van der Waals surface area contributed by atoms with E-state index in [0.29, 0.717) is 23.8 Å². The number of anilines is 3. The van der Waals surface area contributed by atoms with Crippen molar-refractivity contribution in [3.8, 4) is 0 Å². The average molecular weight is 478 g/mol. The average Bonchev–Trinajstić information content (AvgIpc) is 2.92. The van der Waals surface area contributed by atoms with Crippen molar-refractivity contribution in [3.63, 3.8) is 0 Å². The molecule has 1 aromatic carbocycles. The van der Waals surface area contributed by atoms with Gasteiger partial charge < -0.3 is 20.9 Å². The maximum atomic E-state index is 12.7. The number of nitrogens with zero attached hydrogens (tertiary/aromatic N) is 4. The summed E-state index contributed by atoms with van der Waals surface area (Å²) in [5.74, 6) is 2.34. The van der Waals surface area contributed by atoms with E-state index in [1.807, 2.05) is 13.1 Å². The predicted molar refractivity (Wildman–Crippen MR) is 142 cm³/mol. The number of nitrogens with one attached hydrogen (secondary N) is 3. The van der Waals surface area contributed by atoms with Crippen molar-refractivity contribution in [3.05, 3.63) is 47.5 Å². The molecular weight excluding hydrogens is 438 g/mol. The third kappa shape index (κ3) is 7.16. The van der Waals surface area contributed by atoms with Crippen LogP contribution in [0.3, 0.4) is 0 Å². The summed E-state index contributed by atoms with van der Waals surface area (Å²) in [4.78, 5) is 28.6. The predicted octanol–water partition coefficient (Wildman–Crippen LogP) is 4.35. The van der Waals surface area contributed by atoms with Crippen molar-refractivity contribution in [1.82, 2.24) is 20.3 Å². The molecule has 0 radical (unpaired) electrons. The van der Waals surface area contributed by atoms with Crippen LogP contribution in [0.1, 0.15) is 63.4 Å². The van der Waals surface area contributed by atoms with Crippen LogP contribution in [0.2, 0.25) is 0 Å². The SMILES string of the molecule is CNc1nc(NC[C@H](C)c2ccccc2)nc(N2CCC(C(=O)NCCC3=CCCCC3)CC2)n1. The minimum absolute atomic E-state index is 0.0570. The second-order valence-electron chi connectivity index (χ2n) is 9.64. The molecule has 1 saturated heterocycles. The van der Waals surface area contributed by atoms with E-state index < -0.39 is 0 Å². The fourth-order valence-electron chi connectivity index (χ4n) is 4.80. The van der Waals surface area contributed by atoms with E-state index in [4.69, 9.17) is 0 Å². The normalized spacial score (nSPS) is 17.4. The molecular formula is C27H39N7O. The van der Waals surface area contributed by atoms with Crippen molar-refractivity contribution < 1.29 is 4.79 Å². The summed E-state index contributed by atoms with van der Waals surface area (Å²) in [6.45, 7) is 5.19. The van der Waals surface area contributed by atoms with Gasteiger partial charge in [-0.2, -0.15) is 15.0 Å². The molecule has 8 nitrogen and oxygen atoms in total. The van der Waals surface area contributed by atoms with Gasteiger partial charge in [0.25, 0.3) is 0 Å². The maximum Gasteiger partial charge on any atom is 0.231 e. The number of hydrogen-bond donors (Lipinski definition) is 3. The second kappa shape index (κ2) is 12.5. The lowest BCUT2D eigenvalue weighted by molar-refractivity contribution is -0.125. The standard InChI is InChI=1S/C27H39N7O/c1-20(22-11-7-4-8-12-22)19-30-26-31-25(28-2)32-27(33-26)34-17-14-23(15-18-34)24(35)29-16-13-21-9-5-3-6-10-21/h4,7-9,11-12,20,23H,3,5-6,10,13-19H2,1-2H3,(H,29,35)(H2,28,30,31,32,33)/t20-/m0/s1. The van der Waals surface area contributed by atoms with E-state index in [2.05, 4.69) is 73.1 Å². The molecule has 35 heavy (non-hydrogen) atoms. The summed E-state index contributed by atoms with van der Waals surface area (Å²) in [5, 5.41) is 9.59. The molecule has 8 heteroatoms. The number of benzene rings is 1. The summed E-state index contributed by atoms with van der Waals surface area (Å²) < 4.78 is 0. The molecule has 2 aromatic rings. The van der Waals surface area contributed by atoms with Gasteiger partial charge in [-0.1, -0.05) is 48.9 Å². The molecule has 0 unspecified atom stereocenters. The number of carbonyl (C=O) groups excluding carboxylic acids is 1. The first-order valence-corrected chi connectivity index (χ1v) is 13.1. The van der Waals surface area contributed by atoms with E-state index in [1.165, 1.54) is 36.8 Å². The highest BCUT2D eigenvalue weighted by atomic mass is 16.1. The molecule has 0 bridgehead atoms. The Hall–Kier alpha value is -3.16. The topological polar surface area (TPSA) is 95.1 Å². The number of amides is 1. The molecule has 1 aliphatic heterocycles. The zero-order valence-electron chi connectivity index (χ0n) is 21.1. The summed E-state index contributed by atoms with van der Waals surface area (Å²) in [7, 11) is 1.81. The third-order valence-electron chi connectivity index (χ3n) is 7.06. The first-order chi connectivity index (χ1) is 17.1. The van der Waals surface area contributed by atoms with Gasteiger partial charge >= 0.3 is 0 Å². The molecule has 3 N–H and O–H groups in total. The Balaban J connectivity index is 1.28. The summed E-state index contributed by atoms with van der Waals surface area (Å²) in [5.41, 5.74) is 2.78. The van der Waals surface area contributed by atoms with Gasteiger partial charge in [0.15, 0.2) is 0 Å². The lowest BCUT2D eigenvalue weighted by atomic mass is 9.95. The number of rotatable bonds is 10. The first kappa shape index (κ1) is 24.9. The van der Waals surface area contributed by atoms with Crippen molar-refractivity contribution in [2.24, 2.45) is 5.92 Å². The quantitative estimate of drug-likeness (QED) is 0.438. The van der Waals surface area contributed by atoms with Gasteiger partial charge in [0.1, 0.15) is 0 Å². The molecule has 1 fully saturated rings. The fraction of sp³-hybridized carbons (Fsp3) is 0.556. The van der Waals surface area contributed by atoms with Crippen molar-refractivity contribution in [2.45, 2.75) is 57.8 Å². The molecule has 1 amide bonds. The van der Waals surface area contributed by atoms with Crippen LogP contribution in [-0.2, 0) is 4.79 Å². The summed E-state index contributed by atoms with van der Waals surface area (Å²) >= 11 is 0. The molecule has 4 rings (SSSR count). The van der Waals surface area contributed by atoms with Gasteiger partial charge in [-0.15, -0.1) is 0 Å². The van der Waals surface area contributed by atoms with Gasteiger partial charge in [0.2, 0.25) is 23.8 Å². The number of carbonyl (C=O) groups is 1. The molecule has 1 atom stereocenters. The third-order valence-corrected chi connectivity index (χ3v) is 7.06. The Labute approximate surface area is 209 Å². The lowest BCUT2D eigenvalue weighted by Gasteiger charge is -2.31. The minimum Gasteiger partial charge on any atom is -0.357 e. The number of aromatic nitrogens is 3. The first-order valence-electron chi connectivity index (χ1n) is 13.1. The van der Waals surface area contributed by atoms with Gasteiger partial charge in [-0.3, -0.25) is 4.79 Å². The van der Waals surface area contributed by atoms with Crippen LogP contribution in [-0.4, -0.2) is 54.1 Å². The molecule has 2 aliphatic rings. The lowest BCUT2D eigenvalue weighted by Crippen LogP contribution is -2.41. The van der Waals surface area contributed by atoms with Crippen LogP contribution in [0.15, 0.2) is 42.0 Å². The monoisotopic (exact) mass is 477 g/mol. The molecule has 2 heterocycles. The Morgan fingerprint density at radius 2 is 1.86 bits per heavy atom. The second-order valence-corrected chi connectivity index (χ2v) is 9.64. The summed E-state index contributed by atoms with van der Waals surface area (Å²) in [6.07, 6.45) is 9.93. The Morgan fingerprint density at radius 3 is 2.57 bits per heavy atom. The molecule has 0 saturated carbocycles. The molecule has 1 aliphatic carbocycles. The Kier molecular flexibility index (Phi) is 8.92. The van der Waals surface area contributed by atoms with Gasteiger partial charge in [0, 0.05) is 39.1 Å². The van der Waals surface area contributed by atoms with Crippen LogP contribution >= 0.6 is 0 Å². The van der Waals surface area contributed by atoms with Gasteiger partial charge in [-0.25, -0.2) is 0 Å². The highest BCUT2D eigenvalue weighted by molar-refractivity contribution is 5.79. The van der Waals surface area contributed by atoms with E-state index in [9.17, 15) is 4.79 Å². The highest BCUT2D eigenvalue weighted by Gasteiger charge is 2.26. The smallest absolute Gasteiger partial charge is 0.231 e. The fourth-order valence-corrected chi connectivity index (χ4v) is 4.80. The van der Waals surface area contributed by atoms with Crippen molar-refractivity contribution in [2.75, 3.05) is 48.8 Å². The number of allylic oxidation sites excluding steroid dienone is 1. The van der Waals surface area contributed by atoms with Crippen molar-refractivity contribution >= 4 is 23.8 Å². The van der Waals surface area contributed by atoms with E-state index in [1.54, 1.807) is 0 Å². The van der Waals surface area contributed by atoms with Crippen LogP contribution in [0.5, 0.6) is 0 Å². The zero-order valence-corrected chi connectivity index (χ0v) is 21.1. The van der Waals surface area contributed by atoms with Gasteiger partial charge in [0.05, 0.1) is 0 Å². The van der Waals surface area contributed by atoms with Crippen LogP contribution in [0.4, 0.5) is 17.8 Å². The largest absolute Gasteiger partial charge is 0.357 e.